The van der Waals surface area contributed by atoms with Crippen molar-refractivity contribution < 1.29 is 19.7 Å². The minimum absolute atomic E-state index is 0.00846. The number of aromatic nitrogens is 1. The fourth-order valence-corrected chi connectivity index (χ4v) is 4.47. The number of pyridine rings is 1. The Kier molecular flexibility index (Phi) is 4.68. The normalized spacial score (nSPS) is 27.3. The van der Waals surface area contributed by atoms with Gasteiger partial charge in [-0.2, -0.15) is 0 Å². The average Bonchev–Trinajstić information content (AvgIpc) is 2.65. The predicted molar refractivity (Wildman–Crippen MR) is 106 cm³/mol. The summed E-state index contributed by atoms with van der Waals surface area (Å²) in [6, 6.07) is 8.00. The van der Waals surface area contributed by atoms with Gasteiger partial charge in [-0.05, 0) is 51.8 Å². The average molecular weight is 384 g/mol. The highest BCUT2D eigenvalue weighted by Gasteiger charge is 2.49. The van der Waals surface area contributed by atoms with Crippen molar-refractivity contribution in [3.05, 3.63) is 41.1 Å². The van der Waals surface area contributed by atoms with Gasteiger partial charge in [-0.25, -0.2) is 0 Å². The van der Waals surface area contributed by atoms with Crippen LogP contribution in [0.5, 0.6) is 0 Å². The van der Waals surface area contributed by atoms with Crippen LogP contribution in [-0.2, 0) is 4.74 Å². The Morgan fingerprint density at radius 3 is 2.64 bits per heavy atom. The minimum atomic E-state index is -1.15. The van der Waals surface area contributed by atoms with Crippen molar-refractivity contribution in [1.82, 2.24) is 9.88 Å². The molecule has 6 nitrogen and oxygen atoms in total. The van der Waals surface area contributed by atoms with E-state index in [1.54, 1.807) is 6.92 Å². The van der Waals surface area contributed by atoms with E-state index in [1.807, 2.05) is 43.0 Å². The molecule has 2 aliphatic heterocycles. The third-order valence-electron chi connectivity index (χ3n) is 6.30. The first-order chi connectivity index (χ1) is 13.2. The zero-order valence-corrected chi connectivity index (χ0v) is 16.7. The van der Waals surface area contributed by atoms with Crippen molar-refractivity contribution in [3.63, 3.8) is 0 Å². The molecule has 0 unspecified atom stereocenters. The molecule has 28 heavy (non-hydrogen) atoms. The Hall–Kier alpha value is -2.02. The van der Waals surface area contributed by atoms with Crippen LogP contribution in [0.25, 0.3) is 10.9 Å². The summed E-state index contributed by atoms with van der Waals surface area (Å²) >= 11 is 0. The minimum Gasteiger partial charge on any atom is -0.388 e. The van der Waals surface area contributed by atoms with E-state index in [4.69, 9.17) is 4.74 Å². The number of hydrogen-bond acceptors (Lipinski definition) is 5. The van der Waals surface area contributed by atoms with E-state index in [0.717, 1.165) is 22.2 Å². The third kappa shape index (κ3) is 3.41. The second kappa shape index (κ2) is 6.79. The van der Waals surface area contributed by atoms with E-state index in [9.17, 15) is 15.0 Å². The van der Waals surface area contributed by atoms with Gasteiger partial charge in [0.1, 0.15) is 6.10 Å². The Labute approximate surface area is 165 Å². The van der Waals surface area contributed by atoms with E-state index in [1.165, 1.54) is 0 Å². The van der Waals surface area contributed by atoms with Gasteiger partial charge in [0, 0.05) is 24.9 Å². The number of piperidine rings is 1. The molecule has 4 rings (SSSR count). The number of benzene rings is 1. The molecule has 2 saturated heterocycles. The highest BCUT2D eigenvalue weighted by atomic mass is 16.5. The van der Waals surface area contributed by atoms with Crippen LogP contribution in [0.2, 0.25) is 0 Å². The lowest BCUT2D eigenvalue weighted by atomic mass is 9.76. The lowest BCUT2D eigenvalue weighted by molar-refractivity contribution is -0.221. The second-order valence-corrected chi connectivity index (χ2v) is 8.65. The fraction of sp³-hybridized carbons (Fsp3) is 0.545. The quantitative estimate of drug-likeness (QED) is 0.789. The maximum absolute atomic E-state index is 13.2. The largest absolute Gasteiger partial charge is 0.388 e. The standard InChI is InChI=1S/C22H28N2O4/c1-14-4-5-18-16(10-14)11-17(15(2)23-18)20(26)24-8-6-22(7-9-24)13-21(3,27)19(25)12-28-22/h4-5,10-11,19,25,27H,6-9,12-13H2,1-3H3/t19-,21-/m0/s1. The summed E-state index contributed by atoms with van der Waals surface area (Å²) in [5, 5.41) is 21.4. The second-order valence-electron chi connectivity index (χ2n) is 8.65. The van der Waals surface area contributed by atoms with Gasteiger partial charge in [0.25, 0.3) is 5.91 Å². The highest BCUT2D eigenvalue weighted by molar-refractivity contribution is 5.98. The van der Waals surface area contributed by atoms with Crippen LogP contribution in [0.4, 0.5) is 0 Å². The first-order valence-electron chi connectivity index (χ1n) is 9.91. The summed E-state index contributed by atoms with van der Waals surface area (Å²) in [5.41, 5.74) is 1.80. The Bertz CT molecular complexity index is 916. The molecule has 2 aromatic rings. The number of ether oxygens (including phenoxy) is 1. The van der Waals surface area contributed by atoms with Gasteiger partial charge in [-0.1, -0.05) is 11.6 Å². The molecule has 150 valence electrons. The molecule has 2 atom stereocenters. The van der Waals surface area contributed by atoms with Gasteiger partial charge < -0.3 is 19.8 Å². The smallest absolute Gasteiger partial charge is 0.255 e. The molecule has 1 aromatic carbocycles. The fourth-order valence-electron chi connectivity index (χ4n) is 4.47. The highest BCUT2D eigenvalue weighted by Crippen LogP contribution is 2.39. The summed E-state index contributed by atoms with van der Waals surface area (Å²) < 4.78 is 5.92. The maximum atomic E-state index is 13.2. The van der Waals surface area contributed by atoms with E-state index < -0.39 is 17.3 Å². The number of amides is 1. The topological polar surface area (TPSA) is 82.9 Å². The monoisotopic (exact) mass is 384 g/mol. The lowest BCUT2D eigenvalue weighted by Gasteiger charge is -2.49. The number of nitrogens with zero attached hydrogens (tertiary/aromatic N) is 2. The van der Waals surface area contributed by atoms with Gasteiger partial charge in [-0.3, -0.25) is 9.78 Å². The summed E-state index contributed by atoms with van der Waals surface area (Å²) in [4.78, 5) is 19.6. The first kappa shape index (κ1) is 19.3. The van der Waals surface area contributed by atoms with Crippen LogP contribution in [0, 0.1) is 13.8 Å². The molecular formula is C22H28N2O4. The van der Waals surface area contributed by atoms with Gasteiger partial charge in [0.05, 0.1) is 34.6 Å². The summed E-state index contributed by atoms with van der Waals surface area (Å²) in [7, 11) is 0. The molecule has 1 spiro atoms. The molecule has 3 heterocycles. The summed E-state index contributed by atoms with van der Waals surface area (Å²) in [5.74, 6) is -0.00846. The molecule has 0 radical (unpaired) electrons. The molecule has 0 aliphatic carbocycles. The summed E-state index contributed by atoms with van der Waals surface area (Å²) in [6.45, 7) is 6.83. The van der Waals surface area contributed by atoms with Crippen molar-refractivity contribution in [3.8, 4) is 0 Å². The predicted octanol–water partition coefficient (Wildman–Crippen LogP) is 2.36. The SMILES string of the molecule is Cc1ccc2nc(C)c(C(=O)N3CCC4(CC3)C[C@](C)(O)[C@@H](O)CO4)cc2c1. The zero-order valence-electron chi connectivity index (χ0n) is 16.7. The van der Waals surface area contributed by atoms with Crippen molar-refractivity contribution in [1.29, 1.82) is 0 Å². The number of rotatable bonds is 1. The van der Waals surface area contributed by atoms with Crippen LogP contribution >= 0.6 is 0 Å². The first-order valence-corrected chi connectivity index (χ1v) is 9.91. The van der Waals surface area contributed by atoms with Gasteiger partial charge in [0.2, 0.25) is 0 Å². The van der Waals surface area contributed by atoms with Crippen molar-refractivity contribution in [2.75, 3.05) is 19.7 Å². The molecule has 0 saturated carbocycles. The molecule has 2 N–H and O–H groups in total. The third-order valence-corrected chi connectivity index (χ3v) is 6.30. The Balaban J connectivity index is 1.52. The van der Waals surface area contributed by atoms with Crippen LogP contribution in [0.15, 0.2) is 24.3 Å². The van der Waals surface area contributed by atoms with E-state index in [-0.39, 0.29) is 12.5 Å². The maximum Gasteiger partial charge on any atom is 0.255 e. The molecule has 1 amide bonds. The number of aliphatic hydroxyl groups is 2. The van der Waals surface area contributed by atoms with Crippen LogP contribution in [0.3, 0.4) is 0 Å². The van der Waals surface area contributed by atoms with Crippen molar-refractivity contribution in [2.24, 2.45) is 0 Å². The van der Waals surface area contributed by atoms with Crippen LogP contribution in [-0.4, -0.2) is 63.0 Å². The number of carbonyl (C=O) groups excluding carboxylic acids is 1. The number of fused-ring (bicyclic) bond motifs is 1. The van der Waals surface area contributed by atoms with Crippen molar-refractivity contribution >= 4 is 16.8 Å². The molecule has 1 aromatic heterocycles. The molecule has 2 fully saturated rings. The van der Waals surface area contributed by atoms with E-state index in [2.05, 4.69) is 4.98 Å². The molecule has 6 heteroatoms. The van der Waals surface area contributed by atoms with E-state index in [0.29, 0.717) is 37.9 Å². The Morgan fingerprint density at radius 2 is 1.96 bits per heavy atom. The number of hydrogen-bond donors (Lipinski definition) is 2. The van der Waals surface area contributed by atoms with E-state index >= 15 is 0 Å². The lowest BCUT2D eigenvalue weighted by Crippen LogP contribution is -2.59. The summed E-state index contributed by atoms with van der Waals surface area (Å²) in [6.07, 6.45) is 0.827. The van der Waals surface area contributed by atoms with Crippen LogP contribution in [0.1, 0.15) is 47.8 Å². The van der Waals surface area contributed by atoms with Gasteiger partial charge in [0.15, 0.2) is 0 Å². The number of carbonyl (C=O) groups is 1. The Morgan fingerprint density at radius 1 is 1.25 bits per heavy atom. The van der Waals surface area contributed by atoms with Crippen molar-refractivity contribution in [2.45, 2.75) is 57.3 Å². The van der Waals surface area contributed by atoms with Gasteiger partial charge >= 0.3 is 0 Å². The molecular weight excluding hydrogens is 356 g/mol. The van der Waals surface area contributed by atoms with Crippen LogP contribution < -0.4 is 0 Å². The molecule has 0 bridgehead atoms. The molecule has 2 aliphatic rings. The number of likely N-dealkylation sites (tertiary alicyclic amines) is 1. The number of aliphatic hydroxyl groups excluding tert-OH is 1. The zero-order chi connectivity index (χ0) is 20.1. The number of aryl methyl sites for hydroxylation is 2. The van der Waals surface area contributed by atoms with Gasteiger partial charge in [-0.15, -0.1) is 0 Å².